The highest BCUT2D eigenvalue weighted by Gasteiger charge is 2.14. The van der Waals surface area contributed by atoms with E-state index in [-0.39, 0.29) is 5.82 Å². The van der Waals surface area contributed by atoms with Crippen molar-refractivity contribution in [2.75, 3.05) is 5.73 Å². The van der Waals surface area contributed by atoms with Crippen molar-refractivity contribution in [1.29, 1.82) is 0 Å². The molecule has 0 saturated carbocycles. The van der Waals surface area contributed by atoms with E-state index in [0.29, 0.717) is 22.5 Å². The number of benzene rings is 2. The zero-order chi connectivity index (χ0) is 17.4. The van der Waals surface area contributed by atoms with Gasteiger partial charge in [-0.15, -0.1) is 0 Å². The van der Waals surface area contributed by atoms with Crippen LogP contribution in [0.4, 0.5) is 10.2 Å². The maximum Gasteiger partial charge on any atom is 0.165 e. The smallest absolute Gasteiger partial charge is 0.165 e. The summed E-state index contributed by atoms with van der Waals surface area (Å²) in [4.78, 5) is 12.9. The van der Waals surface area contributed by atoms with Crippen LogP contribution in [0.2, 0.25) is 0 Å². The largest absolute Gasteiger partial charge is 0.383 e. The minimum absolute atomic E-state index is 0.289. The molecule has 4 rings (SSSR count). The van der Waals surface area contributed by atoms with Gasteiger partial charge >= 0.3 is 0 Å². The third kappa shape index (κ3) is 2.96. The lowest BCUT2D eigenvalue weighted by molar-refractivity contribution is 0.628. The Labute approximate surface area is 151 Å². The van der Waals surface area contributed by atoms with Crippen LogP contribution in [0.25, 0.3) is 33.4 Å². The Morgan fingerprint density at radius 2 is 1.72 bits per heavy atom. The van der Waals surface area contributed by atoms with E-state index in [9.17, 15) is 4.39 Å². The molecule has 0 aliphatic heterocycles. The predicted octanol–water partition coefficient (Wildman–Crippen LogP) is 4.84. The first kappa shape index (κ1) is 15.7. The number of hydrogen-bond acceptors (Lipinski definition) is 4. The minimum atomic E-state index is -0.289. The van der Waals surface area contributed by atoms with Crippen molar-refractivity contribution in [1.82, 2.24) is 15.0 Å². The number of fused-ring (bicyclic) bond motifs is 1. The third-order valence-corrected chi connectivity index (χ3v) is 4.40. The zero-order valence-electron chi connectivity index (χ0n) is 12.9. The van der Waals surface area contributed by atoms with Gasteiger partial charge in [-0.25, -0.2) is 19.3 Å². The molecule has 0 fully saturated rings. The van der Waals surface area contributed by atoms with Gasteiger partial charge in [0.1, 0.15) is 18.0 Å². The summed E-state index contributed by atoms with van der Waals surface area (Å²) < 4.78 is 14.2. The molecule has 2 N–H and O–H groups in total. The average molecular weight is 395 g/mol. The zero-order valence-corrected chi connectivity index (χ0v) is 14.5. The fraction of sp³-hybridized carbons (Fsp3) is 0. The number of nitrogens with two attached hydrogens (primary N) is 1. The van der Waals surface area contributed by atoms with Crippen LogP contribution < -0.4 is 5.73 Å². The van der Waals surface area contributed by atoms with Crippen molar-refractivity contribution in [2.45, 2.75) is 0 Å². The van der Waals surface area contributed by atoms with Gasteiger partial charge in [0.2, 0.25) is 0 Å². The lowest BCUT2D eigenvalue weighted by atomic mass is 10.00. The van der Waals surface area contributed by atoms with Gasteiger partial charge in [0, 0.05) is 10.0 Å². The second kappa shape index (κ2) is 6.22. The van der Waals surface area contributed by atoms with Crippen LogP contribution in [0.5, 0.6) is 0 Å². The highest BCUT2D eigenvalue weighted by atomic mass is 79.9. The molecule has 25 heavy (non-hydrogen) atoms. The highest BCUT2D eigenvalue weighted by Crippen LogP contribution is 2.34. The maximum absolute atomic E-state index is 13.2. The highest BCUT2D eigenvalue weighted by molar-refractivity contribution is 9.10. The van der Waals surface area contributed by atoms with E-state index in [2.05, 4.69) is 30.9 Å². The van der Waals surface area contributed by atoms with Gasteiger partial charge < -0.3 is 5.73 Å². The van der Waals surface area contributed by atoms with Crippen LogP contribution in [0.1, 0.15) is 0 Å². The van der Waals surface area contributed by atoms with E-state index in [1.807, 2.05) is 30.3 Å². The lowest BCUT2D eigenvalue weighted by Crippen LogP contribution is -1.98. The van der Waals surface area contributed by atoms with Crippen molar-refractivity contribution >= 4 is 32.8 Å². The van der Waals surface area contributed by atoms with Gasteiger partial charge in [-0.3, -0.25) is 0 Å². The van der Waals surface area contributed by atoms with Crippen molar-refractivity contribution in [3.63, 3.8) is 0 Å². The maximum atomic E-state index is 13.2. The topological polar surface area (TPSA) is 64.7 Å². The predicted molar refractivity (Wildman–Crippen MR) is 100 cm³/mol. The second-order valence-electron chi connectivity index (χ2n) is 5.53. The summed E-state index contributed by atoms with van der Waals surface area (Å²) in [7, 11) is 0. The molecule has 122 valence electrons. The molecule has 0 aliphatic rings. The molecule has 0 radical (unpaired) electrons. The van der Waals surface area contributed by atoms with Crippen molar-refractivity contribution in [3.05, 3.63) is 71.2 Å². The van der Waals surface area contributed by atoms with Crippen LogP contribution in [0.15, 0.2) is 65.4 Å². The number of hydrogen-bond donors (Lipinski definition) is 1. The number of rotatable bonds is 2. The van der Waals surface area contributed by atoms with E-state index >= 15 is 0 Å². The normalized spacial score (nSPS) is 11.0. The molecule has 2 aromatic carbocycles. The minimum Gasteiger partial charge on any atom is -0.383 e. The molecular weight excluding hydrogens is 383 g/mol. The summed E-state index contributed by atoms with van der Waals surface area (Å²) in [6.07, 6.45) is 1.39. The van der Waals surface area contributed by atoms with Crippen molar-refractivity contribution in [3.8, 4) is 22.4 Å². The van der Waals surface area contributed by atoms with Gasteiger partial charge in [0.05, 0.1) is 11.1 Å². The number of nitrogens with zero attached hydrogens (tertiary/aromatic N) is 3. The van der Waals surface area contributed by atoms with Gasteiger partial charge in [-0.05, 0) is 53.6 Å². The average Bonchev–Trinajstić information content (AvgIpc) is 2.61. The Balaban J connectivity index is 2.03. The van der Waals surface area contributed by atoms with E-state index < -0.39 is 0 Å². The van der Waals surface area contributed by atoms with Crippen LogP contribution in [-0.4, -0.2) is 15.0 Å². The molecule has 0 aliphatic carbocycles. The summed E-state index contributed by atoms with van der Waals surface area (Å²) in [5.41, 5.74) is 9.93. The van der Waals surface area contributed by atoms with Gasteiger partial charge in [-0.2, -0.15) is 0 Å². The SMILES string of the molecule is Nc1ncnc2nc(-c3ccc(F)cc3)cc(-c3cccc(Br)c3)c12. The number of nitrogen functional groups attached to an aromatic ring is 1. The van der Waals surface area contributed by atoms with Crippen LogP contribution in [0, 0.1) is 5.82 Å². The molecule has 0 spiro atoms. The van der Waals surface area contributed by atoms with Crippen molar-refractivity contribution in [2.24, 2.45) is 0 Å². The monoisotopic (exact) mass is 394 g/mol. The molecule has 0 amide bonds. The number of pyridine rings is 1. The Kier molecular flexibility index (Phi) is 3.89. The fourth-order valence-corrected chi connectivity index (χ4v) is 3.14. The summed E-state index contributed by atoms with van der Waals surface area (Å²) in [5, 5.41) is 0.700. The molecule has 2 aromatic heterocycles. The first-order chi connectivity index (χ1) is 12.1. The van der Waals surface area contributed by atoms with Gasteiger partial charge in [-0.1, -0.05) is 28.1 Å². The molecule has 0 atom stereocenters. The standard InChI is InChI=1S/C19H12BrFN4/c20-13-3-1-2-12(8-13)15-9-16(11-4-6-14(21)7-5-11)25-19-17(15)18(22)23-10-24-19/h1-10H,(H2,22,23,24,25). The molecule has 0 saturated heterocycles. The fourth-order valence-electron chi connectivity index (χ4n) is 2.74. The first-order valence-electron chi connectivity index (χ1n) is 7.55. The Hall–Kier alpha value is -2.86. The second-order valence-corrected chi connectivity index (χ2v) is 6.45. The van der Waals surface area contributed by atoms with E-state index in [4.69, 9.17) is 5.73 Å². The van der Waals surface area contributed by atoms with Gasteiger partial charge in [0.25, 0.3) is 0 Å². The summed E-state index contributed by atoms with van der Waals surface area (Å²) in [6, 6.07) is 16.0. The number of aromatic nitrogens is 3. The molecule has 6 heteroatoms. The molecule has 0 bridgehead atoms. The summed E-state index contributed by atoms with van der Waals surface area (Å²) >= 11 is 3.49. The molecular formula is C19H12BrFN4. The molecule has 0 unspecified atom stereocenters. The number of anilines is 1. The summed E-state index contributed by atoms with van der Waals surface area (Å²) in [6.45, 7) is 0. The van der Waals surface area contributed by atoms with Crippen molar-refractivity contribution < 1.29 is 4.39 Å². The third-order valence-electron chi connectivity index (χ3n) is 3.91. The summed E-state index contributed by atoms with van der Waals surface area (Å²) in [5.74, 6) is 0.0847. The number of halogens is 2. The van der Waals surface area contributed by atoms with Crippen LogP contribution in [-0.2, 0) is 0 Å². The first-order valence-corrected chi connectivity index (χ1v) is 8.34. The molecule has 2 heterocycles. The molecule has 4 nitrogen and oxygen atoms in total. The van der Waals surface area contributed by atoms with Crippen LogP contribution >= 0.6 is 15.9 Å². The molecule has 4 aromatic rings. The Bertz CT molecular complexity index is 1080. The van der Waals surface area contributed by atoms with Crippen LogP contribution in [0.3, 0.4) is 0 Å². The van der Waals surface area contributed by atoms with E-state index in [1.165, 1.54) is 18.5 Å². The van der Waals surface area contributed by atoms with Gasteiger partial charge in [0.15, 0.2) is 5.65 Å². The quantitative estimate of drug-likeness (QED) is 0.528. The Morgan fingerprint density at radius 1 is 0.920 bits per heavy atom. The Morgan fingerprint density at radius 3 is 2.48 bits per heavy atom. The van der Waals surface area contributed by atoms with E-state index in [0.717, 1.165) is 21.2 Å². The van der Waals surface area contributed by atoms with E-state index in [1.54, 1.807) is 12.1 Å². The lowest BCUT2D eigenvalue weighted by Gasteiger charge is -2.11.